The summed E-state index contributed by atoms with van der Waals surface area (Å²) in [6.07, 6.45) is 4.87. The third-order valence-electron chi connectivity index (χ3n) is 4.22. The topological polar surface area (TPSA) is 40.5 Å². The normalized spacial score (nSPS) is 27.2. The molecule has 0 aromatic carbocycles. The molecule has 3 rings (SSSR count). The van der Waals surface area contributed by atoms with Gasteiger partial charge in [-0.1, -0.05) is 6.92 Å². The first kappa shape index (κ1) is 13.1. The molecule has 1 aliphatic heterocycles. The van der Waals surface area contributed by atoms with E-state index in [0.717, 1.165) is 43.0 Å². The first-order valence-corrected chi connectivity index (χ1v) is 8.04. The fourth-order valence-corrected chi connectivity index (χ4v) is 4.28. The van der Waals surface area contributed by atoms with E-state index in [2.05, 4.69) is 13.0 Å². The maximum absolute atomic E-state index is 12.5. The second kappa shape index (κ2) is 5.25. The summed E-state index contributed by atoms with van der Waals surface area (Å²) in [6, 6.07) is 2.10. The molecule has 1 saturated heterocycles. The Balaban J connectivity index is 1.77. The number of aryl methyl sites for hydroxylation is 1. The number of likely N-dealkylation sites (tertiary alicyclic amines) is 1. The second-order valence-electron chi connectivity index (χ2n) is 5.95. The van der Waals surface area contributed by atoms with Gasteiger partial charge in [0.1, 0.15) is 0 Å². The predicted molar refractivity (Wildman–Crippen MR) is 76.7 cm³/mol. The molecule has 3 nitrogen and oxygen atoms in total. The highest BCUT2D eigenvalue weighted by Gasteiger charge is 2.26. The van der Waals surface area contributed by atoms with Gasteiger partial charge in [0.25, 0.3) is 5.91 Å². The van der Waals surface area contributed by atoms with Gasteiger partial charge in [-0.15, -0.1) is 11.3 Å². The number of hydrogen-bond donors (Lipinski definition) is 1. The molecule has 0 radical (unpaired) electrons. The Hall–Kier alpha value is -0.870. The Labute approximate surface area is 118 Å². The van der Waals surface area contributed by atoms with Gasteiger partial charge in [0.05, 0.1) is 11.0 Å². The average molecular weight is 279 g/mol. The number of carbonyl (C=O) groups excluding carboxylic acids is 1. The zero-order chi connectivity index (χ0) is 13.4. The fraction of sp³-hybridized carbons (Fsp3) is 0.667. The molecule has 2 unspecified atom stereocenters. The van der Waals surface area contributed by atoms with Crippen molar-refractivity contribution in [2.24, 2.45) is 5.92 Å². The molecule has 1 aromatic rings. The highest BCUT2D eigenvalue weighted by atomic mass is 32.1. The van der Waals surface area contributed by atoms with Gasteiger partial charge in [-0.05, 0) is 49.7 Å². The van der Waals surface area contributed by atoms with Crippen LogP contribution >= 0.6 is 11.3 Å². The number of nitrogens with zero attached hydrogens (tertiary/aromatic N) is 1. The van der Waals surface area contributed by atoms with E-state index in [1.54, 1.807) is 11.3 Å². The molecule has 2 aliphatic rings. The van der Waals surface area contributed by atoms with E-state index < -0.39 is 0 Å². The van der Waals surface area contributed by atoms with Gasteiger partial charge in [0.2, 0.25) is 0 Å². The Morgan fingerprint density at radius 1 is 1.47 bits per heavy atom. The Kier molecular flexibility index (Phi) is 3.63. The van der Waals surface area contributed by atoms with Crippen molar-refractivity contribution in [3.05, 3.63) is 21.4 Å². The van der Waals surface area contributed by atoms with Crippen LogP contribution in [0.2, 0.25) is 0 Å². The van der Waals surface area contributed by atoms with E-state index in [1.165, 1.54) is 16.9 Å². The van der Waals surface area contributed by atoms with Crippen LogP contribution in [-0.4, -0.2) is 35.1 Å². The van der Waals surface area contributed by atoms with Gasteiger partial charge in [-0.3, -0.25) is 4.79 Å². The van der Waals surface area contributed by atoms with E-state index in [9.17, 15) is 9.90 Å². The minimum Gasteiger partial charge on any atom is -0.391 e. The second-order valence-corrected chi connectivity index (χ2v) is 7.09. The first-order chi connectivity index (χ1) is 9.13. The third kappa shape index (κ3) is 2.70. The smallest absolute Gasteiger partial charge is 0.264 e. The summed E-state index contributed by atoms with van der Waals surface area (Å²) in [5.74, 6) is 0.854. The number of fused-ring (bicyclic) bond motifs is 1. The fourth-order valence-electron chi connectivity index (χ4n) is 3.11. The summed E-state index contributed by atoms with van der Waals surface area (Å²) in [4.78, 5) is 16.6. The summed E-state index contributed by atoms with van der Waals surface area (Å²) < 4.78 is 0. The molecular weight excluding hydrogens is 258 g/mol. The third-order valence-corrected chi connectivity index (χ3v) is 5.45. The molecule has 0 spiro atoms. The minimum absolute atomic E-state index is 0.116. The zero-order valence-corrected chi connectivity index (χ0v) is 12.2. The Morgan fingerprint density at radius 3 is 3.11 bits per heavy atom. The van der Waals surface area contributed by atoms with E-state index >= 15 is 0 Å². The maximum atomic E-state index is 12.5. The number of β-amino-alcohol motifs (C(OH)–C–C–N with tert-alkyl or cyclic N) is 1. The number of carbonyl (C=O) groups is 1. The Bertz CT molecular complexity index is 482. The van der Waals surface area contributed by atoms with Crippen LogP contribution in [0.15, 0.2) is 6.07 Å². The molecule has 2 atom stereocenters. The molecule has 1 N–H and O–H groups in total. The van der Waals surface area contributed by atoms with Gasteiger partial charge >= 0.3 is 0 Å². The molecule has 0 saturated carbocycles. The van der Waals surface area contributed by atoms with E-state index in [4.69, 9.17) is 0 Å². The van der Waals surface area contributed by atoms with Crippen LogP contribution in [0.1, 0.15) is 46.3 Å². The van der Waals surface area contributed by atoms with Gasteiger partial charge in [0, 0.05) is 18.0 Å². The molecule has 4 heteroatoms. The van der Waals surface area contributed by atoms with Crippen LogP contribution in [0.25, 0.3) is 0 Å². The van der Waals surface area contributed by atoms with E-state index in [1.807, 2.05) is 4.90 Å². The van der Waals surface area contributed by atoms with Crippen LogP contribution in [0.3, 0.4) is 0 Å². The molecule has 1 aromatic heterocycles. The summed E-state index contributed by atoms with van der Waals surface area (Å²) in [5, 5.41) is 9.68. The summed E-state index contributed by atoms with van der Waals surface area (Å²) in [6.45, 7) is 3.57. The zero-order valence-electron chi connectivity index (χ0n) is 11.4. The van der Waals surface area contributed by atoms with Crippen molar-refractivity contribution in [2.75, 3.05) is 13.1 Å². The summed E-state index contributed by atoms with van der Waals surface area (Å²) in [5.41, 5.74) is 1.38. The molecule has 19 heavy (non-hydrogen) atoms. The number of rotatable bonds is 1. The number of piperidine rings is 1. The molecule has 1 aliphatic carbocycles. The summed E-state index contributed by atoms with van der Waals surface area (Å²) >= 11 is 1.67. The molecular formula is C15H21NO2S. The van der Waals surface area contributed by atoms with Gasteiger partial charge in [-0.25, -0.2) is 0 Å². The molecule has 104 valence electrons. The monoisotopic (exact) mass is 279 g/mol. The number of hydrogen-bond acceptors (Lipinski definition) is 3. The predicted octanol–water partition coefficient (Wildman–Crippen LogP) is 2.47. The Morgan fingerprint density at radius 2 is 2.32 bits per heavy atom. The largest absolute Gasteiger partial charge is 0.391 e. The SMILES string of the molecule is CC1CCc2sc(C(=O)N3CCCC(O)C3)cc2C1. The van der Waals surface area contributed by atoms with Crippen LogP contribution in [-0.2, 0) is 12.8 Å². The van der Waals surface area contributed by atoms with E-state index in [0.29, 0.717) is 6.54 Å². The van der Waals surface area contributed by atoms with Crippen LogP contribution in [0.4, 0.5) is 0 Å². The van der Waals surface area contributed by atoms with Crippen molar-refractivity contribution < 1.29 is 9.90 Å². The highest BCUT2D eigenvalue weighted by molar-refractivity contribution is 7.14. The van der Waals surface area contributed by atoms with Crippen molar-refractivity contribution >= 4 is 17.2 Å². The lowest BCUT2D eigenvalue weighted by Crippen LogP contribution is -2.41. The first-order valence-electron chi connectivity index (χ1n) is 7.22. The average Bonchev–Trinajstić information content (AvgIpc) is 2.80. The van der Waals surface area contributed by atoms with Crippen LogP contribution < -0.4 is 0 Å². The van der Waals surface area contributed by atoms with Crippen LogP contribution in [0, 0.1) is 5.92 Å². The van der Waals surface area contributed by atoms with Gasteiger partial charge in [0.15, 0.2) is 0 Å². The minimum atomic E-state index is -0.340. The lowest BCUT2D eigenvalue weighted by Gasteiger charge is -2.29. The molecule has 1 amide bonds. The molecule has 2 heterocycles. The van der Waals surface area contributed by atoms with Gasteiger partial charge in [-0.2, -0.15) is 0 Å². The summed E-state index contributed by atoms with van der Waals surface area (Å²) in [7, 11) is 0. The van der Waals surface area contributed by atoms with Gasteiger partial charge < -0.3 is 10.0 Å². The van der Waals surface area contributed by atoms with E-state index in [-0.39, 0.29) is 12.0 Å². The number of aliphatic hydroxyl groups excluding tert-OH is 1. The lowest BCUT2D eigenvalue weighted by atomic mass is 9.90. The van der Waals surface area contributed by atoms with Crippen molar-refractivity contribution in [3.63, 3.8) is 0 Å². The molecule has 1 fully saturated rings. The standard InChI is InChI=1S/C15H21NO2S/c1-10-4-5-13-11(7-10)8-14(19-13)15(18)16-6-2-3-12(17)9-16/h8,10,12,17H,2-7,9H2,1H3. The quantitative estimate of drug-likeness (QED) is 0.858. The van der Waals surface area contributed by atoms with Crippen molar-refractivity contribution in [1.29, 1.82) is 0 Å². The highest BCUT2D eigenvalue weighted by Crippen LogP contribution is 2.33. The molecule has 0 bridgehead atoms. The van der Waals surface area contributed by atoms with Crippen molar-refractivity contribution in [1.82, 2.24) is 4.90 Å². The van der Waals surface area contributed by atoms with Crippen molar-refractivity contribution in [3.8, 4) is 0 Å². The number of amides is 1. The number of thiophene rings is 1. The van der Waals surface area contributed by atoms with Crippen molar-refractivity contribution in [2.45, 2.75) is 45.1 Å². The number of aliphatic hydroxyl groups is 1. The lowest BCUT2D eigenvalue weighted by molar-refractivity contribution is 0.0477. The van der Waals surface area contributed by atoms with Crippen LogP contribution in [0.5, 0.6) is 0 Å². The maximum Gasteiger partial charge on any atom is 0.264 e.